The van der Waals surface area contributed by atoms with E-state index in [9.17, 15) is 9.59 Å². The number of benzene rings is 1. The zero-order chi connectivity index (χ0) is 18.5. The molecule has 0 saturated carbocycles. The first-order chi connectivity index (χ1) is 12.6. The molecule has 0 radical (unpaired) electrons. The molecule has 3 rings (SSSR count). The summed E-state index contributed by atoms with van der Waals surface area (Å²) in [7, 11) is 1.68. The van der Waals surface area contributed by atoms with Crippen molar-refractivity contribution >= 4 is 6.03 Å². The Morgan fingerprint density at radius 3 is 2.81 bits per heavy atom. The number of aromatic nitrogens is 3. The van der Waals surface area contributed by atoms with Gasteiger partial charge in [-0.25, -0.2) is 14.3 Å². The fraction of sp³-hybridized carbons (Fsp3) is 0.526. The third-order valence-corrected chi connectivity index (χ3v) is 4.96. The number of amides is 2. The first-order valence-electron chi connectivity index (χ1n) is 9.30. The molecule has 26 heavy (non-hydrogen) atoms. The van der Waals surface area contributed by atoms with Gasteiger partial charge in [0.1, 0.15) is 5.82 Å². The lowest BCUT2D eigenvalue weighted by Gasteiger charge is -2.32. The lowest BCUT2D eigenvalue weighted by molar-refractivity contribution is 0.177. The Kier molecular flexibility index (Phi) is 5.75. The maximum atomic E-state index is 12.5. The normalized spacial score (nSPS) is 17.3. The highest BCUT2D eigenvalue weighted by Gasteiger charge is 2.28. The van der Waals surface area contributed by atoms with E-state index in [1.807, 2.05) is 30.0 Å². The molecule has 2 aromatic rings. The summed E-state index contributed by atoms with van der Waals surface area (Å²) in [5, 5.41) is 7.42. The van der Waals surface area contributed by atoms with Gasteiger partial charge in [-0.1, -0.05) is 30.3 Å². The van der Waals surface area contributed by atoms with Crippen molar-refractivity contribution in [2.45, 2.75) is 38.6 Å². The molecule has 7 heteroatoms. The smallest absolute Gasteiger partial charge is 0.338 e. The van der Waals surface area contributed by atoms with Gasteiger partial charge < -0.3 is 10.2 Å². The van der Waals surface area contributed by atoms with Crippen molar-refractivity contribution in [3.05, 3.63) is 52.2 Å². The van der Waals surface area contributed by atoms with Crippen LogP contribution in [0, 0.1) is 0 Å². The van der Waals surface area contributed by atoms with Crippen molar-refractivity contribution < 1.29 is 4.79 Å². The molecule has 1 saturated heterocycles. The number of nitrogens with one attached hydrogen (secondary N) is 1. The lowest BCUT2D eigenvalue weighted by Crippen LogP contribution is -2.46. The van der Waals surface area contributed by atoms with Crippen LogP contribution in [0.5, 0.6) is 0 Å². The Labute approximate surface area is 153 Å². The van der Waals surface area contributed by atoms with Crippen molar-refractivity contribution in [2.24, 2.45) is 7.05 Å². The Morgan fingerprint density at radius 1 is 1.31 bits per heavy atom. The van der Waals surface area contributed by atoms with Crippen LogP contribution in [0.1, 0.15) is 37.1 Å². The topological polar surface area (TPSA) is 72.2 Å². The number of aryl methyl sites for hydroxylation is 1. The maximum Gasteiger partial charge on any atom is 0.345 e. The summed E-state index contributed by atoms with van der Waals surface area (Å²) in [5.74, 6) is 0.902. The standard InChI is InChI=1S/C19H27N5O2/c1-3-24-17(21-22(2)19(24)26)16-10-7-13-23(14-16)18(25)20-12-11-15-8-5-4-6-9-15/h4-6,8-9,16H,3,7,10-14H2,1-2H3,(H,20,25). The van der Waals surface area contributed by atoms with E-state index >= 15 is 0 Å². The Morgan fingerprint density at radius 2 is 2.08 bits per heavy atom. The van der Waals surface area contributed by atoms with Crippen LogP contribution in [0.3, 0.4) is 0 Å². The Balaban J connectivity index is 1.58. The molecular formula is C19H27N5O2. The second-order valence-corrected chi connectivity index (χ2v) is 6.76. The van der Waals surface area contributed by atoms with E-state index in [0.717, 1.165) is 31.6 Å². The highest BCUT2D eigenvalue weighted by atomic mass is 16.2. The van der Waals surface area contributed by atoms with Gasteiger partial charge in [0, 0.05) is 39.1 Å². The molecule has 1 aromatic heterocycles. The summed E-state index contributed by atoms with van der Waals surface area (Å²) in [4.78, 5) is 26.5. The van der Waals surface area contributed by atoms with E-state index < -0.39 is 0 Å². The second-order valence-electron chi connectivity index (χ2n) is 6.76. The average Bonchev–Trinajstić information content (AvgIpc) is 2.97. The average molecular weight is 357 g/mol. The van der Waals surface area contributed by atoms with Gasteiger partial charge in [-0.3, -0.25) is 4.57 Å². The largest absolute Gasteiger partial charge is 0.345 e. The van der Waals surface area contributed by atoms with E-state index in [1.165, 1.54) is 10.2 Å². The van der Waals surface area contributed by atoms with Gasteiger partial charge in [0.2, 0.25) is 0 Å². The maximum absolute atomic E-state index is 12.5. The van der Waals surface area contributed by atoms with Gasteiger partial charge in [-0.15, -0.1) is 0 Å². The van der Waals surface area contributed by atoms with Gasteiger partial charge in [0.15, 0.2) is 0 Å². The first kappa shape index (κ1) is 18.2. The molecule has 1 aromatic carbocycles. The van der Waals surface area contributed by atoms with Crippen LogP contribution in [0.2, 0.25) is 0 Å². The number of carbonyl (C=O) groups is 1. The van der Waals surface area contributed by atoms with Crippen molar-refractivity contribution in [1.82, 2.24) is 24.6 Å². The van der Waals surface area contributed by atoms with Crippen LogP contribution < -0.4 is 11.0 Å². The fourth-order valence-electron chi connectivity index (χ4n) is 3.57. The number of hydrogen-bond donors (Lipinski definition) is 1. The number of piperidine rings is 1. The van der Waals surface area contributed by atoms with Crippen LogP contribution in [0.4, 0.5) is 4.79 Å². The van der Waals surface area contributed by atoms with E-state index in [0.29, 0.717) is 19.6 Å². The SMILES string of the molecule is CCn1c(C2CCCN(C(=O)NCCc3ccccc3)C2)nn(C)c1=O. The van der Waals surface area contributed by atoms with Gasteiger partial charge >= 0.3 is 11.7 Å². The third-order valence-electron chi connectivity index (χ3n) is 4.96. The summed E-state index contributed by atoms with van der Waals surface area (Å²) in [6.45, 7) is 4.52. The van der Waals surface area contributed by atoms with Crippen molar-refractivity contribution in [1.29, 1.82) is 0 Å². The molecule has 2 amide bonds. The van der Waals surface area contributed by atoms with Gasteiger partial charge in [-0.2, -0.15) is 5.10 Å². The minimum Gasteiger partial charge on any atom is -0.338 e. The van der Waals surface area contributed by atoms with Crippen LogP contribution in [-0.4, -0.2) is 44.9 Å². The third kappa shape index (κ3) is 3.98. The van der Waals surface area contributed by atoms with Crippen LogP contribution >= 0.6 is 0 Å². The number of rotatable bonds is 5. The summed E-state index contributed by atoms with van der Waals surface area (Å²) in [6, 6.07) is 10.1. The quantitative estimate of drug-likeness (QED) is 0.886. The number of urea groups is 1. The zero-order valence-electron chi connectivity index (χ0n) is 15.5. The molecule has 0 aliphatic carbocycles. The minimum absolute atomic E-state index is 0.0352. The van der Waals surface area contributed by atoms with Crippen LogP contribution in [-0.2, 0) is 20.0 Å². The summed E-state index contributed by atoms with van der Waals surface area (Å²) < 4.78 is 3.10. The van der Waals surface area contributed by atoms with Crippen LogP contribution in [0.15, 0.2) is 35.1 Å². The molecule has 1 unspecified atom stereocenters. The second kappa shape index (κ2) is 8.21. The predicted molar refractivity (Wildman–Crippen MR) is 100 cm³/mol. The highest BCUT2D eigenvalue weighted by molar-refractivity contribution is 5.74. The predicted octanol–water partition coefficient (Wildman–Crippen LogP) is 1.73. The number of likely N-dealkylation sites (tertiary alicyclic amines) is 1. The van der Waals surface area contributed by atoms with Crippen LogP contribution in [0.25, 0.3) is 0 Å². The van der Waals surface area contributed by atoms with Crippen molar-refractivity contribution in [3.63, 3.8) is 0 Å². The summed E-state index contributed by atoms with van der Waals surface area (Å²) in [5.41, 5.74) is 1.12. The summed E-state index contributed by atoms with van der Waals surface area (Å²) >= 11 is 0. The van der Waals surface area contributed by atoms with Crippen molar-refractivity contribution in [2.75, 3.05) is 19.6 Å². The Hall–Kier alpha value is -2.57. The molecule has 7 nitrogen and oxygen atoms in total. The molecule has 140 valence electrons. The molecule has 0 spiro atoms. The van der Waals surface area contributed by atoms with E-state index in [4.69, 9.17) is 0 Å². The molecular weight excluding hydrogens is 330 g/mol. The van der Waals surface area contributed by atoms with Crippen molar-refractivity contribution in [3.8, 4) is 0 Å². The first-order valence-corrected chi connectivity index (χ1v) is 9.30. The van der Waals surface area contributed by atoms with Gasteiger partial charge in [-0.05, 0) is 31.7 Å². The van der Waals surface area contributed by atoms with Gasteiger partial charge in [0.25, 0.3) is 0 Å². The van der Waals surface area contributed by atoms with Gasteiger partial charge in [0.05, 0.1) is 0 Å². The monoisotopic (exact) mass is 357 g/mol. The summed E-state index contributed by atoms with van der Waals surface area (Å²) in [6.07, 6.45) is 2.69. The number of hydrogen-bond acceptors (Lipinski definition) is 3. The van der Waals surface area contributed by atoms with E-state index in [1.54, 1.807) is 11.6 Å². The molecule has 1 aliphatic rings. The molecule has 1 aliphatic heterocycles. The molecule has 2 heterocycles. The van der Waals surface area contributed by atoms with E-state index in [2.05, 4.69) is 22.5 Å². The number of nitrogens with zero attached hydrogens (tertiary/aromatic N) is 4. The molecule has 0 bridgehead atoms. The molecule has 1 fully saturated rings. The molecule has 1 N–H and O–H groups in total. The highest BCUT2D eigenvalue weighted by Crippen LogP contribution is 2.25. The Bertz CT molecular complexity index is 796. The zero-order valence-corrected chi connectivity index (χ0v) is 15.5. The molecule has 1 atom stereocenters. The number of carbonyl (C=O) groups excluding carboxylic acids is 1. The lowest BCUT2D eigenvalue weighted by atomic mass is 9.97. The van der Waals surface area contributed by atoms with E-state index in [-0.39, 0.29) is 17.6 Å². The minimum atomic E-state index is -0.0908. The fourth-order valence-corrected chi connectivity index (χ4v) is 3.57.